The number of aromatic nitrogens is 1. The lowest BCUT2D eigenvalue weighted by molar-refractivity contribution is -0.122. The Morgan fingerprint density at radius 2 is 2.20 bits per heavy atom. The molecule has 0 aliphatic heterocycles. The molecule has 0 spiro atoms. The summed E-state index contributed by atoms with van der Waals surface area (Å²) in [7, 11) is 0. The number of phenolic OH excluding ortho intramolecular Hbond substituents is 2. The van der Waals surface area contributed by atoms with Crippen LogP contribution in [0.3, 0.4) is 0 Å². The van der Waals surface area contributed by atoms with Crippen molar-refractivity contribution >= 4 is 17.2 Å². The Balaban J connectivity index is 1.88. The molecule has 0 aliphatic rings. The third kappa shape index (κ3) is 3.69. The van der Waals surface area contributed by atoms with Crippen LogP contribution >= 0.6 is 11.3 Å². The molecular formula is C13H15N3O3S. The highest BCUT2D eigenvalue weighted by atomic mass is 32.1. The van der Waals surface area contributed by atoms with Crippen molar-refractivity contribution in [3.63, 3.8) is 0 Å². The number of thiazole rings is 1. The molecule has 6 nitrogen and oxygen atoms in total. The van der Waals surface area contributed by atoms with Gasteiger partial charge < -0.3 is 21.3 Å². The van der Waals surface area contributed by atoms with Crippen molar-refractivity contribution in [1.82, 2.24) is 10.3 Å². The fourth-order valence-corrected chi connectivity index (χ4v) is 2.23. The number of amides is 1. The highest BCUT2D eigenvalue weighted by Crippen LogP contribution is 2.25. The van der Waals surface area contributed by atoms with Crippen molar-refractivity contribution in [3.8, 4) is 11.5 Å². The number of benzene rings is 1. The Kier molecular flexibility index (Phi) is 4.54. The number of phenols is 2. The lowest BCUT2D eigenvalue weighted by Crippen LogP contribution is -2.41. The van der Waals surface area contributed by atoms with Crippen LogP contribution in [0.1, 0.15) is 10.6 Å². The van der Waals surface area contributed by atoms with Crippen LogP contribution in [-0.4, -0.2) is 27.1 Å². The summed E-state index contributed by atoms with van der Waals surface area (Å²) in [4.78, 5) is 15.9. The second-order valence-electron chi connectivity index (χ2n) is 4.28. The number of nitrogens with zero attached hydrogens (tertiary/aromatic N) is 1. The van der Waals surface area contributed by atoms with E-state index < -0.39 is 6.04 Å². The van der Waals surface area contributed by atoms with Crippen LogP contribution in [0.15, 0.2) is 29.8 Å². The lowest BCUT2D eigenvalue weighted by atomic mass is 10.1. The summed E-state index contributed by atoms with van der Waals surface area (Å²) in [5.41, 5.74) is 6.48. The topological polar surface area (TPSA) is 108 Å². The molecule has 5 N–H and O–H groups in total. The van der Waals surface area contributed by atoms with E-state index in [9.17, 15) is 15.0 Å². The van der Waals surface area contributed by atoms with Gasteiger partial charge in [0.15, 0.2) is 11.5 Å². The van der Waals surface area contributed by atoms with Crippen LogP contribution < -0.4 is 11.1 Å². The predicted octanol–water partition coefficient (Wildman–Crippen LogP) is 0.740. The Morgan fingerprint density at radius 1 is 1.40 bits per heavy atom. The number of carbonyl (C=O) groups is 1. The molecule has 1 amide bonds. The monoisotopic (exact) mass is 293 g/mol. The zero-order valence-corrected chi connectivity index (χ0v) is 11.4. The van der Waals surface area contributed by atoms with Crippen molar-refractivity contribution in [1.29, 1.82) is 0 Å². The number of hydrogen-bond donors (Lipinski definition) is 4. The summed E-state index contributed by atoms with van der Waals surface area (Å²) in [6.45, 7) is 0.352. The van der Waals surface area contributed by atoms with Crippen LogP contribution in [0.5, 0.6) is 11.5 Å². The molecular weight excluding hydrogens is 278 g/mol. The average Bonchev–Trinajstić information content (AvgIpc) is 2.93. The number of rotatable bonds is 5. The number of aromatic hydroxyl groups is 2. The average molecular weight is 293 g/mol. The van der Waals surface area contributed by atoms with Gasteiger partial charge in [-0.3, -0.25) is 4.79 Å². The summed E-state index contributed by atoms with van der Waals surface area (Å²) >= 11 is 1.46. The molecule has 0 fully saturated rings. The van der Waals surface area contributed by atoms with Gasteiger partial charge >= 0.3 is 0 Å². The molecule has 2 rings (SSSR count). The summed E-state index contributed by atoms with van der Waals surface area (Å²) < 4.78 is 0. The third-order valence-corrected chi connectivity index (χ3v) is 3.51. The molecule has 106 valence electrons. The van der Waals surface area contributed by atoms with E-state index in [0.29, 0.717) is 12.1 Å². The highest BCUT2D eigenvalue weighted by molar-refractivity contribution is 7.09. The van der Waals surface area contributed by atoms with E-state index >= 15 is 0 Å². The van der Waals surface area contributed by atoms with E-state index in [-0.39, 0.29) is 23.8 Å². The molecule has 0 bridgehead atoms. The van der Waals surface area contributed by atoms with Crippen LogP contribution in [0.2, 0.25) is 0 Å². The first kappa shape index (κ1) is 14.3. The Morgan fingerprint density at radius 3 is 2.85 bits per heavy atom. The molecule has 0 aliphatic carbocycles. The normalized spacial score (nSPS) is 12.1. The maximum atomic E-state index is 11.8. The molecule has 1 aromatic carbocycles. The fourth-order valence-electron chi connectivity index (χ4n) is 1.68. The number of nitrogens with one attached hydrogen (secondary N) is 1. The zero-order valence-electron chi connectivity index (χ0n) is 10.6. The van der Waals surface area contributed by atoms with Gasteiger partial charge in [0.25, 0.3) is 0 Å². The summed E-state index contributed by atoms with van der Waals surface area (Å²) in [5.74, 6) is -0.707. The minimum atomic E-state index is -0.723. The van der Waals surface area contributed by atoms with Crippen LogP contribution in [-0.2, 0) is 17.8 Å². The van der Waals surface area contributed by atoms with Gasteiger partial charge in [-0.05, 0) is 24.1 Å². The maximum Gasteiger partial charge on any atom is 0.237 e. The van der Waals surface area contributed by atoms with Crippen molar-refractivity contribution in [2.75, 3.05) is 0 Å². The Hall–Kier alpha value is -2.12. The van der Waals surface area contributed by atoms with Gasteiger partial charge in [-0.15, -0.1) is 11.3 Å². The van der Waals surface area contributed by atoms with Gasteiger partial charge in [-0.2, -0.15) is 0 Å². The molecule has 20 heavy (non-hydrogen) atoms. The van der Waals surface area contributed by atoms with Crippen LogP contribution in [0, 0.1) is 0 Å². The van der Waals surface area contributed by atoms with E-state index in [1.807, 2.05) is 5.38 Å². The number of carbonyl (C=O) groups excluding carboxylic acids is 1. The summed E-state index contributed by atoms with van der Waals surface area (Å²) in [6, 6.07) is 3.65. The highest BCUT2D eigenvalue weighted by Gasteiger charge is 2.15. The van der Waals surface area contributed by atoms with Crippen molar-refractivity contribution in [3.05, 3.63) is 40.3 Å². The standard InChI is InChI=1S/C13H15N3O3S/c14-9(5-8-1-2-10(17)11(18)6-8)13(19)16-7-12-15-3-4-20-12/h1-4,6,9,17-18H,5,7,14H2,(H,16,19)/t9-/m0/s1. The van der Waals surface area contributed by atoms with Gasteiger partial charge in [0.1, 0.15) is 5.01 Å². The molecule has 0 saturated heterocycles. The fraction of sp³-hybridized carbons (Fsp3) is 0.231. The predicted molar refractivity (Wildman–Crippen MR) is 75.4 cm³/mol. The molecule has 0 radical (unpaired) electrons. The molecule has 1 aromatic heterocycles. The lowest BCUT2D eigenvalue weighted by Gasteiger charge is -2.12. The maximum absolute atomic E-state index is 11.8. The second-order valence-corrected chi connectivity index (χ2v) is 5.26. The third-order valence-electron chi connectivity index (χ3n) is 2.73. The van der Waals surface area contributed by atoms with Gasteiger partial charge in [-0.25, -0.2) is 4.98 Å². The van der Waals surface area contributed by atoms with Crippen LogP contribution in [0.25, 0.3) is 0 Å². The molecule has 1 heterocycles. The van der Waals surface area contributed by atoms with E-state index in [1.165, 1.54) is 23.5 Å². The van der Waals surface area contributed by atoms with Crippen molar-refractivity contribution in [2.45, 2.75) is 19.0 Å². The minimum Gasteiger partial charge on any atom is -0.504 e. The number of nitrogens with two attached hydrogens (primary N) is 1. The number of hydrogen-bond acceptors (Lipinski definition) is 6. The van der Waals surface area contributed by atoms with Gasteiger partial charge in [0.05, 0.1) is 12.6 Å². The van der Waals surface area contributed by atoms with E-state index in [4.69, 9.17) is 5.73 Å². The Bertz CT molecular complexity index is 587. The second kappa shape index (κ2) is 6.36. The largest absolute Gasteiger partial charge is 0.504 e. The van der Waals surface area contributed by atoms with E-state index in [2.05, 4.69) is 10.3 Å². The van der Waals surface area contributed by atoms with Crippen LogP contribution in [0.4, 0.5) is 0 Å². The summed E-state index contributed by atoms with van der Waals surface area (Å²) in [5, 5.41) is 23.9. The van der Waals surface area contributed by atoms with Gasteiger partial charge in [0.2, 0.25) is 5.91 Å². The molecule has 1 atom stereocenters. The molecule has 7 heteroatoms. The molecule has 0 unspecified atom stereocenters. The van der Waals surface area contributed by atoms with E-state index in [0.717, 1.165) is 5.01 Å². The first-order valence-corrected chi connectivity index (χ1v) is 6.86. The SMILES string of the molecule is N[C@@H](Cc1ccc(O)c(O)c1)C(=O)NCc1nccs1. The quantitative estimate of drug-likeness (QED) is 0.608. The smallest absolute Gasteiger partial charge is 0.237 e. The van der Waals surface area contributed by atoms with Crippen molar-refractivity contribution < 1.29 is 15.0 Å². The van der Waals surface area contributed by atoms with E-state index in [1.54, 1.807) is 12.3 Å². The molecule has 0 saturated carbocycles. The Labute approximate surface area is 119 Å². The summed E-state index contributed by atoms with van der Waals surface area (Å²) in [6.07, 6.45) is 1.95. The van der Waals surface area contributed by atoms with Crippen molar-refractivity contribution in [2.24, 2.45) is 5.73 Å². The first-order valence-electron chi connectivity index (χ1n) is 5.99. The van der Waals surface area contributed by atoms with Gasteiger partial charge in [-0.1, -0.05) is 6.07 Å². The molecule has 2 aromatic rings. The zero-order chi connectivity index (χ0) is 14.5. The first-order chi connectivity index (χ1) is 9.56. The van der Waals surface area contributed by atoms with Gasteiger partial charge in [0, 0.05) is 11.6 Å². The minimum absolute atomic E-state index is 0.199.